The topological polar surface area (TPSA) is 27.1 Å². The van der Waals surface area contributed by atoms with Crippen molar-refractivity contribution in [2.75, 3.05) is 4.90 Å². The summed E-state index contributed by atoms with van der Waals surface area (Å²) < 4.78 is 0. The van der Waals surface area contributed by atoms with Crippen molar-refractivity contribution in [3.63, 3.8) is 0 Å². The molecule has 86 valence electrons. The molecule has 2 aromatic carbocycles. The highest BCUT2D eigenvalue weighted by Crippen LogP contribution is 2.24. The summed E-state index contributed by atoms with van der Waals surface area (Å²) in [5.41, 5.74) is 4.43. The number of nitrogens with one attached hydrogen (secondary N) is 1. The smallest absolute Gasteiger partial charge is 0.0907 e. The van der Waals surface area contributed by atoms with Gasteiger partial charge in [0.05, 0.1) is 6.34 Å². The van der Waals surface area contributed by atoms with Crippen LogP contribution in [-0.4, -0.2) is 6.34 Å². The van der Waals surface area contributed by atoms with Crippen molar-refractivity contribution in [2.45, 2.75) is 13.8 Å². The largest absolute Gasteiger partial charge is 0.302 e. The molecular weight excluding hydrogens is 208 g/mol. The van der Waals surface area contributed by atoms with Crippen molar-refractivity contribution in [2.24, 2.45) is 0 Å². The maximum atomic E-state index is 7.58. The summed E-state index contributed by atoms with van der Waals surface area (Å²) in [5.74, 6) is 0. The first-order chi connectivity index (χ1) is 8.20. The van der Waals surface area contributed by atoms with Crippen molar-refractivity contribution in [3.8, 4) is 0 Å². The van der Waals surface area contributed by atoms with Crippen LogP contribution in [0.15, 0.2) is 48.5 Å². The summed E-state index contributed by atoms with van der Waals surface area (Å²) >= 11 is 0. The lowest BCUT2D eigenvalue weighted by Gasteiger charge is -2.20. The SMILES string of the molecule is Cc1cccc(N(C=N)c2cccc(C)c2)c1. The van der Waals surface area contributed by atoms with E-state index in [4.69, 9.17) is 5.41 Å². The van der Waals surface area contributed by atoms with Crippen LogP contribution in [0.4, 0.5) is 11.4 Å². The average Bonchev–Trinajstić information content (AvgIpc) is 2.30. The zero-order valence-electron chi connectivity index (χ0n) is 10.1. The maximum absolute atomic E-state index is 7.58. The van der Waals surface area contributed by atoms with Gasteiger partial charge in [0.1, 0.15) is 0 Å². The fourth-order valence-electron chi connectivity index (χ4n) is 1.85. The molecule has 0 atom stereocenters. The standard InChI is InChI=1S/C15H16N2/c1-12-5-3-7-14(9-12)17(11-16)15-8-4-6-13(2)10-15/h3-11,16H,1-2H3. The number of aryl methyl sites for hydroxylation is 2. The number of benzene rings is 2. The highest BCUT2D eigenvalue weighted by atomic mass is 15.1. The normalized spacial score (nSPS) is 10.0. The predicted molar refractivity (Wildman–Crippen MR) is 73.3 cm³/mol. The molecule has 2 rings (SSSR count). The Morgan fingerprint density at radius 3 is 1.71 bits per heavy atom. The van der Waals surface area contributed by atoms with Crippen LogP contribution in [0.25, 0.3) is 0 Å². The molecule has 0 unspecified atom stereocenters. The highest BCUT2D eigenvalue weighted by molar-refractivity contribution is 5.87. The van der Waals surface area contributed by atoms with Gasteiger partial charge in [-0.15, -0.1) is 0 Å². The Labute approximate surface area is 102 Å². The summed E-state index contributed by atoms with van der Waals surface area (Å²) in [5, 5.41) is 7.58. The molecular formula is C15H16N2. The molecule has 0 bridgehead atoms. The van der Waals surface area contributed by atoms with Crippen LogP contribution in [0.2, 0.25) is 0 Å². The van der Waals surface area contributed by atoms with Gasteiger partial charge in [0.2, 0.25) is 0 Å². The van der Waals surface area contributed by atoms with E-state index in [1.807, 2.05) is 29.2 Å². The van der Waals surface area contributed by atoms with Crippen LogP contribution in [0.5, 0.6) is 0 Å². The number of hydrogen-bond donors (Lipinski definition) is 1. The van der Waals surface area contributed by atoms with Crippen molar-refractivity contribution in [3.05, 3.63) is 59.7 Å². The van der Waals surface area contributed by atoms with Crippen LogP contribution < -0.4 is 4.90 Å². The summed E-state index contributed by atoms with van der Waals surface area (Å²) in [6, 6.07) is 16.3. The summed E-state index contributed by atoms with van der Waals surface area (Å²) in [6.45, 7) is 4.11. The molecule has 2 aromatic rings. The molecule has 0 aliphatic rings. The molecule has 2 nitrogen and oxygen atoms in total. The van der Waals surface area contributed by atoms with Gasteiger partial charge in [-0.3, -0.25) is 5.41 Å². The Balaban J connectivity index is 2.43. The summed E-state index contributed by atoms with van der Waals surface area (Å²) in [4.78, 5) is 1.88. The van der Waals surface area contributed by atoms with Gasteiger partial charge in [-0.05, 0) is 49.2 Å². The van der Waals surface area contributed by atoms with E-state index in [0.717, 1.165) is 11.4 Å². The van der Waals surface area contributed by atoms with Crippen LogP contribution in [0.3, 0.4) is 0 Å². The molecule has 0 spiro atoms. The number of rotatable bonds is 3. The van der Waals surface area contributed by atoms with Crippen molar-refractivity contribution in [1.29, 1.82) is 5.41 Å². The first-order valence-corrected chi connectivity index (χ1v) is 5.64. The van der Waals surface area contributed by atoms with Gasteiger partial charge < -0.3 is 4.90 Å². The lowest BCUT2D eigenvalue weighted by atomic mass is 10.1. The minimum Gasteiger partial charge on any atom is -0.302 e. The van der Waals surface area contributed by atoms with E-state index in [1.54, 1.807) is 0 Å². The Hall–Kier alpha value is -2.09. The van der Waals surface area contributed by atoms with E-state index in [0.29, 0.717) is 0 Å². The average molecular weight is 224 g/mol. The van der Waals surface area contributed by atoms with Crippen LogP contribution in [-0.2, 0) is 0 Å². The first-order valence-electron chi connectivity index (χ1n) is 5.64. The van der Waals surface area contributed by atoms with Gasteiger partial charge in [-0.2, -0.15) is 0 Å². The fraction of sp³-hybridized carbons (Fsp3) is 0.133. The van der Waals surface area contributed by atoms with Crippen molar-refractivity contribution >= 4 is 17.7 Å². The van der Waals surface area contributed by atoms with Crippen LogP contribution >= 0.6 is 0 Å². The third kappa shape index (κ3) is 2.53. The molecule has 1 N–H and O–H groups in total. The minimum atomic E-state index is 1.02. The maximum Gasteiger partial charge on any atom is 0.0907 e. The van der Waals surface area contributed by atoms with Gasteiger partial charge in [0, 0.05) is 11.4 Å². The van der Waals surface area contributed by atoms with E-state index in [1.165, 1.54) is 17.5 Å². The Bertz CT molecular complexity index is 486. The summed E-state index contributed by atoms with van der Waals surface area (Å²) in [7, 11) is 0. The van der Waals surface area contributed by atoms with Crippen LogP contribution in [0, 0.1) is 19.3 Å². The molecule has 0 heterocycles. The van der Waals surface area contributed by atoms with Gasteiger partial charge >= 0.3 is 0 Å². The predicted octanol–water partition coefficient (Wildman–Crippen LogP) is 4.05. The molecule has 0 saturated heterocycles. The van der Waals surface area contributed by atoms with Crippen molar-refractivity contribution < 1.29 is 0 Å². The second-order valence-corrected chi connectivity index (χ2v) is 4.18. The fourth-order valence-corrected chi connectivity index (χ4v) is 1.85. The second kappa shape index (κ2) is 4.83. The number of anilines is 2. The van der Waals surface area contributed by atoms with E-state index in [9.17, 15) is 0 Å². The summed E-state index contributed by atoms with van der Waals surface area (Å²) in [6.07, 6.45) is 1.35. The lowest BCUT2D eigenvalue weighted by molar-refractivity contribution is 1.31. The molecule has 2 heteroatoms. The van der Waals surface area contributed by atoms with Gasteiger partial charge in [0.15, 0.2) is 0 Å². The van der Waals surface area contributed by atoms with E-state index >= 15 is 0 Å². The van der Waals surface area contributed by atoms with E-state index in [2.05, 4.69) is 38.1 Å². The Morgan fingerprint density at radius 1 is 0.882 bits per heavy atom. The van der Waals surface area contributed by atoms with Gasteiger partial charge in [-0.1, -0.05) is 24.3 Å². The second-order valence-electron chi connectivity index (χ2n) is 4.18. The van der Waals surface area contributed by atoms with Gasteiger partial charge in [0.25, 0.3) is 0 Å². The number of hydrogen-bond acceptors (Lipinski definition) is 1. The van der Waals surface area contributed by atoms with E-state index < -0.39 is 0 Å². The van der Waals surface area contributed by atoms with Crippen LogP contribution in [0.1, 0.15) is 11.1 Å². The highest BCUT2D eigenvalue weighted by Gasteiger charge is 2.06. The molecule has 17 heavy (non-hydrogen) atoms. The molecule has 0 amide bonds. The first kappa shape index (κ1) is 11.4. The monoisotopic (exact) mass is 224 g/mol. The molecule has 0 saturated carbocycles. The Kier molecular flexibility index (Phi) is 3.24. The lowest BCUT2D eigenvalue weighted by Crippen LogP contribution is -2.13. The minimum absolute atomic E-state index is 1.02. The Morgan fingerprint density at radius 2 is 1.35 bits per heavy atom. The molecule has 0 aliphatic carbocycles. The molecule has 0 radical (unpaired) electrons. The molecule has 0 aliphatic heterocycles. The third-order valence-corrected chi connectivity index (χ3v) is 2.69. The quantitative estimate of drug-likeness (QED) is 0.618. The van der Waals surface area contributed by atoms with E-state index in [-0.39, 0.29) is 0 Å². The zero-order valence-corrected chi connectivity index (χ0v) is 10.1. The van der Waals surface area contributed by atoms with Gasteiger partial charge in [-0.25, -0.2) is 0 Å². The number of nitrogens with zero attached hydrogens (tertiary/aromatic N) is 1. The van der Waals surface area contributed by atoms with Crippen molar-refractivity contribution in [1.82, 2.24) is 0 Å². The zero-order chi connectivity index (χ0) is 12.3. The molecule has 0 fully saturated rings. The molecule has 0 aromatic heterocycles. The third-order valence-electron chi connectivity index (χ3n) is 2.69.